The molecule has 0 bridgehead atoms. The van der Waals surface area contributed by atoms with Gasteiger partial charge in [0.15, 0.2) is 35.0 Å². The predicted molar refractivity (Wildman–Crippen MR) is 210 cm³/mol. The number of carbonyl (C=O) groups is 4. The highest BCUT2D eigenvalue weighted by Crippen LogP contribution is 2.68. The van der Waals surface area contributed by atoms with E-state index in [4.69, 9.17) is 18.9 Å². The van der Waals surface area contributed by atoms with Crippen LogP contribution in [0.1, 0.15) is 122 Å². The number of rotatable bonds is 4. The number of fused-ring (bicyclic) bond motifs is 6. The highest BCUT2D eigenvalue weighted by molar-refractivity contribution is 5.93. The zero-order chi connectivity index (χ0) is 44.4. The molecule has 58 heavy (non-hydrogen) atoms. The lowest BCUT2D eigenvalue weighted by Crippen LogP contribution is -2.86. The lowest BCUT2D eigenvalue weighted by Gasteiger charge is -2.71. The first-order chi connectivity index (χ1) is 26.2. The molecule has 2 saturated heterocycles. The summed E-state index contributed by atoms with van der Waals surface area (Å²) >= 11 is 0. The zero-order valence-corrected chi connectivity index (χ0v) is 36.4. The van der Waals surface area contributed by atoms with Gasteiger partial charge in [-0.2, -0.15) is 0 Å². The van der Waals surface area contributed by atoms with Gasteiger partial charge in [-0.15, -0.1) is 13.2 Å². The van der Waals surface area contributed by atoms with Crippen LogP contribution in [0.25, 0.3) is 0 Å². The molecule has 4 saturated carbocycles. The van der Waals surface area contributed by atoms with Crippen LogP contribution in [0.5, 0.6) is 0 Å². The highest BCUT2D eigenvalue weighted by Gasteiger charge is 2.83. The van der Waals surface area contributed by atoms with Crippen molar-refractivity contribution in [2.75, 3.05) is 0 Å². The Morgan fingerprint density at radius 1 is 0.621 bits per heavy atom. The van der Waals surface area contributed by atoms with E-state index in [0.29, 0.717) is 25.7 Å². The Labute approximate surface area is 342 Å². The summed E-state index contributed by atoms with van der Waals surface area (Å²) in [7, 11) is 0. The molecule has 6 N–H and O–H groups in total. The van der Waals surface area contributed by atoms with Crippen molar-refractivity contribution < 1.29 is 68.8 Å². The number of Topliss-reactive ketones (excluding diaryl/α,β-unsaturated/α-hetero) is 2. The maximum Gasteiger partial charge on any atom is 0.303 e. The second-order valence-electron chi connectivity index (χ2n) is 20.7. The van der Waals surface area contributed by atoms with Crippen LogP contribution >= 0.6 is 0 Å². The monoisotopic (exact) mass is 820 g/mol. The molecule has 0 spiro atoms. The number of aliphatic hydroxyl groups excluding tert-OH is 4. The first kappa shape index (κ1) is 46.5. The van der Waals surface area contributed by atoms with Crippen LogP contribution in [0, 0.1) is 33.5 Å². The Morgan fingerprint density at radius 2 is 0.914 bits per heavy atom. The summed E-state index contributed by atoms with van der Waals surface area (Å²) in [5.74, 6) is -3.75. The fourth-order valence-corrected chi connectivity index (χ4v) is 13.3. The van der Waals surface area contributed by atoms with Crippen molar-refractivity contribution in [1.82, 2.24) is 0 Å². The van der Waals surface area contributed by atoms with Crippen LogP contribution in [-0.4, -0.2) is 124 Å². The molecule has 0 radical (unpaired) electrons. The van der Waals surface area contributed by atoms with Crippen molar-refractivity contribution in [3.8, 4) is 0 Å². The van der Waals surface area contributed by atoms with E-state index in [2.05, 4.69) is 13.2 Å². The molecule has 14 nitrogen and oxygen atoms in total. The van der Waals surface area contributed by atoms with Crippen LogP contribution in [-0.2, 0) is 38.1 Å². The Balaban J connectivity index is 0.000000221. The molecule has 0 aromatic rings. The normalized spacial score (nSPS) is 51.6. The van der Waals surface area contributed by atoms with Gasteiger partial charge in [0.1, 0.15) is 11.2 Å². The second kappa shape index (κ2) is 14.0. The summed E-state index contributed by atoms with van der Waals surface area (Å²) in [6.07, 6.45) is -2.59. The van der Waals surface area contributed by atoms with Crippen LogP contribution in [0.2, 0.25) is 0 Å². The van der Waals surface area contributed by atoms with E-state index in [1.54, 1.807) is 27.7 Å². The van der Waals surface area contributed by atoms with E-state index < -0.39 is 127 Å². The van der Waals surface area contributed by atoms with Gasteiger partial charge in [-0.25, -0.2) is 0 Å². The van der Waals surface area contributed by atoms with Gasteiger partial charge >= 0.3 is 11.9 Å². The first-order valence-electron chi connectivity index (χ1n) is 20.5. The van der Waals surface area contributed by atoms with Crippen molar-refractivity contribution in [3.05, 3.63) is 25.3 Å². The largest absolute Gasteiger partial charge is 0.457 e. The summed E-state index contributed by atoms with van der Waals surface area (Å²) in [6, 6.07) is 0. The van der Waals surface area contributed by atoms with Gasteiger partial charge in [0.25, 0.3) is 0 Å². The van der Waals surface area contributed by atoms with Crippen LogP contribution in [0.15, 0.2) is 25.3 Å². The molecule has 16 unspecified atom stereocenters. The Kier molecular flexibility index (Phi) is 11.2. The number of carbonyl (C=O) groups excluding carboxylic acids is 4. The Morgan fingerprint density at radius 3 is 1.17 bits per heavy atom. The van der Waals surface area contributed by atoms with Crippen molar-refractivity contribution in [3.63, 3.8) is 0 Å². The SMILES string of the molecule is C=CC1(C)CC(=O)C2(O)C(C)(O1)C(OC(C)=O)C(O)C1C(C)(C)CCC(O)C12C.C=CC1(C)CC(=O)C2(O)C(C)(O1)C(OC(C)=O)C(O)C1C(C)(C)CCC(O)C12C. The third-order valence-electron chi connectivity index (χ3n) is 16.0. The standard InChI is InChI=1S/2C22H34O7/c2*1-8-19(5)11-14(25)22(27)20(6)13(24)9-10-18(3,4)16(20)15(26)17(28-12(2)23)21(22,7)29-19/h2*8,13,15-17,24,26-27H,1,9-11H2,2-7H3. The third-order valence-corrected chi connectivity index (χ3v) is 16.0. The van der Waals surface area contributed by atoms with E-state index >= 15 is 0 Å². The first-order valence-corrected chi connectivity index (χ1v) is 20.5. The summed E-state index contributed by atoms with van der Waals surface area (Å²) in [5, 5.41) is 69.4. The van der Waals surface area contributed by atoms with Crippen LogP contribution < -0.4 is 0 Å². The summed E-state index contributed by atoms with van der Waals surface area (Å²) in [5.41, 5.74) is -14.0. The second-order valence-corrected chi connectivity index (χ2v) is 20.7. The van der Waals surface area contributed by atoms with Crippen molar-refractivity contribution in [2.24, 2.45) is 33.5 Å². The molecule has 0 aromatic carbocycles. The minimum Gasteiger partial charge on any atom is -0.457 e. The number of ether oxygens (including phenoxy) is 4. The van der Waals surface area contributed by atoms with E-state index in [1.807, 2.05) is 27.7 Å². The molecule has 4 aliphatic carbocycles. The molecule has 0 amide bonds. The van der Waals surface area contributed by atoms with Crippen molar-refractivity contribution in [1.29, 1.82) is 0 Å². The quantitative estimate of drug-likeness (QED) is 0.177. The molecule has 6 fully saturated rings. The Hall–Kier alpha value is -2.56. The molecule has 14 heteroatoms. The van der Waals surface area contributed by atoms with Gasteiger partial charge in [-0.05, 0) is 64.2 Å². The molecule has 328 valence electrons. The summed E-state index contributed by atoms with van der Waals surface area (Å²) in [4.78, 5) is 51.0. The lowest BCUT2D eigenvalue weighted by molar-refractivity contribution is -0.370. The van der Waals surface area contributed by atoms with E-state index in [-0.39, 0.29) is 12.8 Å². The predicted octanol–water partition coefficient (Wildman–Crippen LogP) is 3.04. The Bertz CT molecular complexity index is 1620. The number of aliphatic hydroxyl groups is 6. The fraction of sp³-hybridized carbons (Fsp3) is 0.818. The average molecular weight is 821 g/mol. The minimum atomic E-state index is -2.18. The van der Waals surface area contributed by atoms with Crippen molar-refractivity contribution >= 4 is 23.5 Å². The molecule has 16 atom stereocenters. The fourth-order valence-electron chi connectivity index (χ4n) is 13.3. The maximum absolute atomic E-state index is 13.6. The number of esters is 2. The van der Waals surface area contributed by atoms with Gasteiger partial charge in [0, 0.05) is 49.4 Å². The number of hydrogen-bond donors (Lipinski definition) is 6. The molecular formula is C44H68O14. The molecule has 6 rings (SSSR count). The van der Waals surface area contributed by atoms with E-state index in [1.165, 1.54) is 39.8 Å². The van der Waals surface area contributed by atoms with Crippen LogP contribution in [0.3, 0.4) is 0 Å². The molecule has 0 aromatic heterocycles. The lowest BCUT2D eigenvalue weighted by atomic mass is 9.40. The molecule has 6 aliphatic rings. The molecular weight excluding hydrogens is 752 g/mol. The van der Waals surface area contributed by atoms with Gasteiger partial charge in [0.2, 0.25) is 0 Å². The van der Waals surface area contributed by atoms with Crippen LogP contribution in [0.4, 0.5) is 0 Å². The number of ketones is 2. The average Bonchev–Trinajstić information content (AvgIpc) is 3.09. The van der Waals surface area contributed by atoms with Gasteiger partial charge < -0.3 is 49.6 Å². The zero-order valence-electron chi connectivity index (χ0n) is 36.4. The molecule has 2 aliphatic heterocycles. The third kappa shape index (κ3) is 5.93. The topological polar surface area (TPSA) is 227 Å². The summed E-state index contributed by atoms with van der Waals surface area (Å²) < 4.78 is 23.5. The van der Waals surface area contributed by atoms with Crippen molar-refractivity contribution in [2.45, 2.75) is 192 Å². The maximum atomic E-state index is 13.6. The minimum absolute atomic E-state index is 0.138. The van der Waals surface area contributed by atoms with E-state index in [0.717, 1.165) is 0 Å². The van der Waals surface area contributed by atoms with Gasteiger partial charge in [-0.1, -0.05) is 53.7 Å². The van der Waals surface area contributed by atoms with Gasteiger partial charge in [0.05, 0.1) is 35.6 Å². The van der Waals surface area contributed by atoms with Gasteiger partial charge in [-0.3, -0.25) is 19.2 Å². The van der Waals surface area contributed by atoms with E-state index in [9.17, 15) is 49.8 Å². The summed E-state index contributed by atoms with van der Waals surface area (Å²) in [6.45, 7) is 27.2. The highest BCUT2D eigenvalue weighted by atomic mass is 16.6. The smallest absolute Gasteiger partial charge is 0.303 e. The number of hydrogen-bond acceptors (Lipinski definition) is 14. The molecule has 2 heterocycles.